The molecule has 1 aliphatic heterocycles. The van der Waals surface area contributed by atoms with Crippen LogP contribution in [0.5, 0.6) is 0 Å². The minimum atomic E-state index is -0.717. The third-order valence-electron chi connectivity index (χ3n) is 3.58. The lowest BCUT2D eigenvalue weighted by molar-refractivity contribution is -0.137. The normalized spacial score (nSPS) is 20.5. The maximum Gasteiger partial charge on any atom is 0.303 e. The smallest absolute Gasteiger partial charge is 0.303 e. The molecule has 1 saturated heterocycles. The molecule has 1 heterocycles. The van der Waals surface area contributed by atoms with Crippen LogP contribution in [-0.4, -0.2) is 88.5 Å². The molecule has 0 atom stereocenters. The summed E-state index contributed by atoms with van der Waals surface area (Å²) in [6.07, 6.45) is 2.93. The molecule has 0 aromatic heterocycles. The Morgan fingerprint density at radius 3 is 1.70 bits per heavy atom. The van der Waals surface area contributed by atoms with Gasteiger partial charge < -0.3 is 24.1 Å². The van der Waals surface area contributed by atoms with E-state index in [0.29, 0.717) is 52.9 Å². The second-order valence-electron chi connectivity index (χ2n) is 5.50. The van der Waals surface area contributed by atoms with Crippen LogP contribution in [0.3, 0.4) is 0 Å². The van der Waals surface area contributed by atoms with Crippen LogP contribution in [-0.2, 0) is 23.7 Å². The summed E-state index contributed by atoms with van der Waals surface area (Å²) in [4.78, 5) is 12.8. The van der Waals surface area contributed by atoms with Gasteiger partial charge in [0.15, 0.2) is 0 Å². The molecule has 0 bridgehead atoms. The highest BCUT2D eigenvalue weighted by atomic mass is 16.6. The van der Waals surface area contributed by atoms with Crippen LogP contribution in [0.15, 0.2) is 0 Å². The Bertz CT molecular complexity index is 274. The van der Waals surface area contributed by atoms with Gasteiger partial charge in [0, 0.05) is 19.5 Å². The van der Waals surface area contributed by atoms with Crippen molar-refractivity contribution < 1.29 is 28.8 Å². The average Bonchev–Trinajstić information content (AvgIpc) is 2.54. The van der Waals surface area contributed by atoms with E-state index in [2.05, 4.69) is 4.90 Å². The first kappa shape index (κ1) is 20.3. The molecule has 136 valence electrons. The van der Waals surface area contributed by atoms with E-state index in [9.17, 15) is 4.79 Å². The fourth-order valence-electron chi connectivity index (χ4n) is 2.27. The van der Waals surface area contributed by atoms with Crippen LogP contribution in [0.4, 0.5) is 0 Å². The SMILES string of the molecule is O=C(O)CCCCCN1CCOCCOCCOCCOCC1. The van der Waals surface area contributed by atoms with E-state index in [1.54, 1.807) is 0 Å². The molecule has 0 radical (unpaired) electrons. The fourth-order valence-corrected chi connectivity index (χ4v) is 2.27. The molecule has 7 nitrogen and oxygen atoms in total. The highest BCUT2D eigenvalue weighted by molar-refractivity contribution is 5.66. The Morgan fingerprint density at radius 1 is 0.739 bits per heavy atom. The van der Waals surface area contributed by atoms with Crippen molar-refractivity contribution in [2.24, 2.45) is 0 Å². The fraction of sp³-hybridized carbons (Fsp3) is 0.938. The van der Waals surface area contributed by atoms with Crippen molar-refractivity contribution in [2.45, 2.75) is 25.7 Å². The molecule has 1 fully saturated rings. The van der Waals surface area contributed by atoms with Gasteiger partial charge in [0.1, 0.15) is 0 Å². The zero-order valence-electron chi connectivity index (χ0n) is 14.0. The van der Waals surface area contributed by atoms with Gasteiger partial charge in [-0.25, -0.2) is 0 Å². The summed E-state index contributed by atoms with van der Waals surface area (Å²) in [5.41, 5.74) is 0. The van der Waals surface area contributed by atoms with E-state index in [0.717, 1.165) is 38.9 Å². The second kappa shape index (κ2) is 14.8. The van der Waals surface area contributed by atoms with E-state index in [1.165, 1.54) is 0 Å². The van der Waals surface area contributed by atoms with Gasteiger partial charge in [0.25, 0.3) is 0 Å². The van der Waals surface area contributed by atoms with Gasteiger partial charge in [-0.15, -0.1) is 0 Å². The van der Waals surface area contributed by atoms with Crippen LogP contribution < -0.4 is 0 Å². The lowest BCUT2D eigenvalue weighted by atomic mass is 10.2. The summed E-state index contributed by atoms with van der Waals surface area (Å²) < 4.78 is 21.9. The first-order chi connectivity index (χ1) is 11.3. The summed E-state index contributed by atoms with van der Waals surface area (Å²) in [5.74, 6) is -0.717. The average molecular weight is 333 g/mol. The molecule has 23 heavy (non-hydrogen) atoms. The number of aliphatic carboxylic acids is 1. The first-order valence-electron chi connectivity index (χ1n) is 8.54. The van der Waals surface area contributed by atoms with Gasteiger partial charge in [-0.1, -0.05) is 6.42 Å². The summed E-state index contributed by atoms with van der Waals surface area (Å²) in [7, 11) is 0. The van der Waals surface area contributed by atoms with Crippen molar-refractivity contribution in [2.75, 3.05) is 72.5 Å². The Hall–Kier alpha value is -0.730. The topological polar surface area (TPSA) is 77.5 Å². The van der Waals surface area contributed by atoms with Gasteiger partial charge in [-0.05, 0) is 19.4 Å². The van der Waals surface area contributed by atoms with E-state index >= 15 is 0 Å². The maximum absolute atomic E-state index is 10.5. The Balaban J connectivity index is 2.19. The minimum absolute atomic E-state index is 0.256. The molecular formula is C16H31NO6. The standard InChI is InChI=1S/C16H31NO6/c18-16(19)4-2-1-3-5-17-6-8-20-10-12-22-14-15-23-13-11-21-9-7-17/h1-15H2,(H,18,19). The highest BCUT2D eigenvalue weighted by Crippen LogP contribution is 2.02. The number of carbonyl (C=O) groups is 1. The van der Waals surface area contributed by atoms with Crippen LogP contribution in [0.2, 0.25) is 0 Å². The monoisotopic (exact) mass is 333 g/mol. The minimum Gasteiger partial charge on any atom is -0.481 e. The molecule has 0 amide bonds. The second-order valence-corrected chi connectivity index (χ2v) is 5.50. The molecule has 1 rings (SSSR count). The molecule has 0 aliphatic carbocycles. The molecule has 1 N–H and O–H groups in total. The number of carboxylic acids is 1. The van der Waals surface area contributed by atoms with Crippen molar-refractivity contribution in [1.29, 1.82) is 0 Å². The molecular weight excluding hydrogens is 302 g/mol. The highest BCUT2D eigenvalue weighted by Gasteiger charge is 2.06. The molecule has 0 spiro atoms. The van der Waals surface area contributed by atoms with Crippen LogP contribution in [0.1, 0.15) is 25.7 Å². The van der Waals surface area contributed by atoms with E-state index in [-0.39, 0.29) is 6.42 Å². The largest absolute Gasteiger partial charge is 0.481 e. The Labute approximate surface area is 138 Å². The van der Waals surface area contributed by atoms with Crippen LogP contribution in [0.25, 0.3) is 0 Å². The first-order valence-corrected chi connectivity index (χ1v) is 8.54. The third kappa shape index (κ3) is 13.4. The van der Waals surface area contributed by atoms with Crippen molar-refractivity contribution in [1.82, 2.24) is 4.90 Å². The quantitative estimate of drug-likeness (QED) is 0.727. The number of hydrogen-bond donors (Lipinski definition) is 1. The van der Waals surface area contributed by atoms with Crippen molar-refractivity contribution in [3.05, 3.63) is 0 Å². The Kier molecular flexibility index (Phi) is 13.1. The van der Waals surface area contributed by atoms with Crippen LogP contribution in [0, 0.1) is 0 Å². The molecule has 7 heteroatoms. The van der Waals surface area contributed by atoms with E-state index in [1.807, 2.05) is 0 Å². The lowest BCUT2D eigenvalue weighted by Crippen LogP contribution is -2.32. The van der Waals surface area contributed by atoms with E-state index in [4.69, 9.17) is 24.1 Å². The predicted molar refractivity (Wildman–Crippen MR) is 85.8 cm³/mol. The summed E-state index contributed by atoms with van der Waals surface area (Å²) in [6.45, 7) is 7.58. The van der Waals surface area contributed by atoms with Gasteiger partial charge in [0.05, 0.1) is 52.9 Å². The molecule has 0 unspecified atom stereocenters. The third-order valence-corrected chi connectivity index (χ3v) is 3.58. The number of unbranched alkanes of at least 4 members (excludes halogenated alkanes) is 2. The van der Waals surface area contributed by atoms with Gasteiger partial charge in [-0.2, -0.15) is 0 Å². The van der Waals surface area contributed by atoms with E-state index < -0.39 is 5.97 Å². The Morgan fingerprint density at radius 2 is 1.22 bits per heavy atom. The predicted octanol–water partition coefficient (Wildman–Crippen LogP) is 1.01. The number of nitrogens with zero attached hydrogens (tertiary/aromatic N) is 1. The van der Waals surface area contributed by atoms with Crippen molar-refractivity contribution >= 4 is 5.97 Å². The lowest BCUT2D eigenvalue weighted by Gasteiger charge is -2.22. The molecule has 0 aromatic rings. The van der Waals surface area contributed by atoms with Crippen molar-refractivity contribution in [3.63, 3.8) is 0 Å². The molecule has 1 aliphatic rings. The van der Waals surface area contributed by atoms with Gasteiger partial charge in [-0.3, -0.25) is 9.69 Å². The zero-order valence-corrected chi connectivity index (χ0v) is 14.0. The molecule has 0 aromatic carbocycles. The van der Waals surface area contributed by atoms with Crippen LogP contribution >= 0.6 is 0 Å². The van der Waals surface area contributed by atoms with Gasteiger partial charge in [0.2, 0.25) is 0 Å². The number of hydrogen-bond acceptors (Lipinski definition) is 6. The summed E-state index contributed by atoms with van der Waals surface area (Å²) in [5, 5.41) is 8.64. The number of rotatable bonds is 6. The zero-order chi connectivity index (χ0) is 16.6. The summed E-state index contributed by atoms with van der Waals surface area (Å²) >= 11 is 0. The van der Waals surface area contributed by atoms with Crippen molar-refractivity contribution in [3.8, 4) is 0 Å². The number of ether oxygens (including phenoxy) is 4. The number of carboxylic acid groups (broad SMARTS) is 1. The summed E-state index contributed by atoms with van der Waals surface area (Å²) in [6, 6.07) is 0. The van der Waals surface area contributed by atoms with Gasteiger partial charge >= 0.3 is 5.97 Å². The maximum atomic E-state index is 10.5. The molecule has 0 saturated carbocycles.